The average Bonchev–Trinajstić information content (AvgIpc) is 2.20. The van der Waals surface area contributed by atoms with E-state index in [1.807, 2.05) is 0 Å². The lowest BCUT2D eigenvalue weighted by Crippen LogP contribution is -2.32. The summed E-state index contributed by atoms with van der Waals surface area (Å²) < 4.78 is 4.97. The number of carbonyl (C=O) groups is 1. The fraction of sp³-hybridized carbons (Fsp3) is 0.300. The molecule has 0 fully saturated rings. The summed E-state index contributed by atoms with van der Waals surface area (Å²) in [6.07, 6.45) is 0.207. The fourth-order valence-electron chi connectivity index (χ4n) is 1.14. The molecule has 15 heavy (non-hydrogen) atoms. The summed E-state index contributed by atoms with van der Waals surface area (Å²) >= 11 is 5.93. The Balaban J connectivity index is 2.82. The molecule has 3 N–H and O–H groups in total. The molecule has 82 valence electrons. The summed E-state index contributed by atoms with van der Waals surface area (Å²) in [5.74, 6) is -0.408. The molecule has 0 saturated heterocycles. The summed E-state index contributed by atoms with van der Waals surface area (Å²) in [7, 11) is 1.54. The molecule has 0 amide bonds. The molecule has 0 spiro atoms. The lowest BCUT2D eigenvalue weighted by atomic mass is 10.1. The van der Waals surface area contributed by atoms with E-state index in [0.29, 0.717) is 16.3 Å². The van der Waals surface area contributed by atoms with Crippen LogP contribution in [-0.4, -0.2) is 24.2 Å². The molecule has 0 bridgehead atoms. The number of hydrogen-bond donors (Lipinski definition) is 2. The summed E-state index contributed by atoms with van der Waals surface area (Å²) in [4.78, 5) is 10.5. The summed E-state index contributed by atoms with van der Waals surface area (Å²) in [5, 5.41) is 9.11. The number of nitrogens with two attached hydrogens (primary N) is 1. The van der Waals surface area contributed by atoms with Crippen molar-refractivity contribution >= 4 is 17.6 Å². The van der Waals surface area contributed by atoms with E-state index in [-0.39, 0.29) is 6.42 Å². The third-order valence-corrected chi connectivity index (χ3v) is 2.37. The molecule has 0 heterocycles. The van der Waals surface area contributed by atoms with Gasteiger partial charge in [0.05, 0.1) is 7.11 Å². The average molecular weight is 230 g/mol. The Bertz CT molecular complexity index is 368. The molecule has 4 nitrogen and oxygen atoms in total. The quantitative estimate of drug-likeness (QED) is 0.817. The molecule has 0 radical (unpaired) electrons. The zero-order chi connectivity index (χ0) is 11.4. The number of rotatable bonds is 4. The van der Waals surface area contributed by atoms with Gasteiger partial charge in [-0.05, 0) is 24.1 Å². The highest BCUT2D eigenvalue weighted by Crippen LogP contribution is 2.23. The minimum Gasteiger partial charge on any atom is -0.497 e. The van der Waals surface area contributed by atoms with Gasteiger partial charge in [-0.1, -0.05) is 17.7 Å². The van der Waals surface area contributed by atoms with Gasteiger partial charge < -0.3 is 15.6 Å². The van der Waals surface area contributed by atoms with Crippen LogP contribution in [0.5, 0.6) is 5.75 Å². The van der Waals surface area contributed by atoms with Crippen molar-refractivity contribution in [3.8, 4) is 5.75 Å². The van der Waals surface area contributed by atoms with Crippen molar-refractivity contribution in [2.45, 2.75) is 12.5 Å². The largest absolute Gasteiger partial charge is 0.497 e. The van der Waals surface area contributed by atoms with Crippen LogP contribution in [0, 0.1) is 0 Å². The fourth-order valence-corrected chi connectivity index (χ4v) is 1.39. The van der Waals surface area contributed by atoms with Crippen LogP contribution in [-0.2, 0) is 11.2 Å². The minimum atomic E-state index is -1.04. The van der Waals surface area contributed by atoms with Crippen molar-refractivity contribution in [2.75, 3.05) is 7.11 Å². The Morgan fingerprint density at radius 1 is 1.67 bits per heavy atom. The lowest BCUT2D eigenvalue weighted by molar-refractivity contribution is -0.138. The second kappa shape index (κ2) is 5.00. The molecule has 0 aliphatic rings. The maximum absolute atomic E-state index is 10.5. The Kier molecular flexibility index (Phi) is 3.94. The normalized spacial score (nSPS) is 12.2. The predicted molar refractivity (Wildman–Crippen MR) is 57.3 cm³/mol. The van der Waals surface area contributed by atoms with Gasteiger partial charge in [0.1, 0.15) is 11.8 Å². The van der Waals surface area contributed by atoms with Gasteiger partial charge in [0.15, 0.2) is 0 Å². The maximum Gasteiger partial charge on any atom is 0.320 e. The molecule has 0 saturated carbocycles. The van der Waals surface area contributed by atoms with Crippen LogP contribution < -0.4 is 10.5 Å². The van der Waals surface area contributed by atoms with Crippen molar-refractivity contribution in [1.29, 1.82) is 0 Å². The van der Waals surface area contributed by atoms with Crippen molar-refractivity contribution in [3.05, 3.63) is 28.8 Å². The molecule has 5 heteroatoms. The Morgan fingerprint density at radius 2 is 2.33 bits per heavy atom. The number of ether oxygens (including phenoxy) is 1. The zero-order valence-electron chi connectivity index (χ0n) is 8.24. The first-order valence-corrected chi connectivity index (χ1v) is 4.73. The Morgan fingerprint density at radius 3 is 2.80 bits per heavy atom. The second-order valence-corrected chi connectivity index (χ2v) is 3.51. The van der Waals surface area contributed by atoms with Gasteiger partial charge in [0.2, 0.25) is 0 Å². The van der Waals surface area contributed by atoms with Crippen molar-refractivity contribution < 1.29 is 14.6 Å². The standard InChI is InChI=1S/C10H12ClNO3/c1-15-7-3-2-6(8(11)5-7)4-9(12)10(13)14/h2-3,5,9H,4,12H2,1H3,(H,13,14). The van der Waals surface area contributed by atoms with Gasteiger partial charge in [-0.25, -0.2) is 0 Å². The molecular formula is C10H12ClNO3. The van der Waals surface area contributed by atoms with E-state index in [1.165, 1.54) is 7.11 Å². The monoisotopic (exact) mass is 229 g/mol. The third kappa shape index (κ3) is 3.11. The van der Waals surface area contributed by atoms with E-state index in [4.69, 9.17) is 27.2 Å². The van der Waals surface area contributed by atoms with Crippen LogP contribution in [0.2, 0.25) is 5.02 Å². The Labute approximate surface area is 92.6 Å². The highest BCUT2D eigenvalue weighted by atomic mass is 35.5. The van der Waals surface area contributed by atoms with Gasteiger partial charge in [0.25, 0.3) is 0 Å². The zero-order valence-corrected chi connectivity index (χ0v) is 8.99. The van der Waals surface area contributed by atoms with E-state index in [2.05, 4.69) is 0 Å². The first-order valence-electron chi connectivity index (χ1n) is 4.35. The number of carboxylic acid groups (broad SMARTS) is 1. The second-order valence-electron chi connectivity index (χ2n) is 3.11. The number of carboxylic acids is 1. The van der Waals surface area contributed by atoms with Crippen LogP contribution in [0.25, 0.3) is 0 Å². The van der Waals surface area contributed by atoms with E-state index in [1.54, 1.807) is 18.2 Å². The van der Waals surface area contributed by atoms with Crippen LogP contribution in [0.3, 0.4) is 0 Å². The van der Waals surface area contributed by atoms with Gasteiger partial charge >= 0.3 is 5.97 Å². The Hall–Kier alpha value is -1.26. The maximum atomic E-state index is 10.5. The van der Waals surface area contributed by atoms with E-state index < -0.39 is 12.0 Å². The van der Waals surface area contributed by atoms with Gasteiger partial charge in [0, 0.05) is 5.02 Å². The molecule has 1 rings (SSSR count). The number of aliphatic carboxylic acids is 1. The summed E-state index contributed by atoms with van der Waals surface area (Å²) in [6, 6.07) is 4.13. The molecule has 0 aromatic heterocycles. The van der Waals surface area contributed by atoms with E-state index in [0.717, 1.165) is 0 Å². The van der Waals surface area contributed by atoms with Gasteiger partial charge in [-0.2, -0.15) is 0 Å². The topological polar surface area (TPSA) is 72.5 Å². The van der Waals surface area contributed by atoms with E-state index >= 15 is 0 Å². The number of methoxy groups -OCH3 is 1. The lowest BCUT2D eigenvalue weighted by Gasteiger charge is -2.09. The molecule has 1 aromatic carbocycles. The molecule has 1 unspecified atom stereocenters. The first kappa shape index (κ1) is 11.8. The third-order valence-electron chi connectivity index (χ3n) is 2.02. The predicted octanol–water partition coefficient (Wildman–Crippen LogP) is 1.30. The highest BCUT2D eigenvalue weighted by molar-refractivity contribution is 6.31. The number of benzene rings is 1. The van der Waals surface area contributed by atoms with Crippen LogP contribution in [0.1, 0.15) is 5.56 Å². The molecule has 1 aromatic rings. The van der Waals surface area contributed by atoms with Crippen molar-refractivity contribution in [1.82, 2.24) is 0 Å². The summed E-state index contributed by atoms with van der Waals surface area (Å²) in [5.41, 5.74) is 6.10. The van der Waals surface area contributed by atoms with Crippen LogP contribution in [0.4, 0.5) is 0 Å². The molecule has 0 aliphatic heterocycles. The van der Waals surface area contributed by atoms with Crippen molar-refractivity contribution in [2.24, 2.45) is 5.73 Å². The van der Waals surface area contributed by atoms with Crippen LogP contribution >= 0.6 is 11.6 Å². The molecule has 1 atom stereocenters. The van der Waals surface area contributed by atoms with Gasteiger partial charge in [-0.3, -0.25) is 4.79 Å². The van der Waals surface area contributed by atoms with Crippen molar-refractivity contribution in [3.63, 3.8) is 0 Å². The molecule has 0 aliphatic carbocycles. The molecular weight excluding hydrogens is 218 g/mol. The van der Waals surface area contributed by atoms with Crippen LogP contribution in [0.15, 0.2) is 18.2 Å². The minimum absolute atomic E-state index is 0.207. The van der Waals surface area contributed by atoms with Gasteiger partial charge in [-0.15, -0.1) is 0 Å². The van der Waals surface area contributed by atoms with E-state index in [9.17, 15) is 4.79 Å². The SMILES string of the molecule is COc1ccc(CC(N)C(=O)O)c(Cl)c1. The number of halogens is 1. The highest BCUT2D eigenvalue weighted by Gasteiger charge is 2.14. The summed E-state index contributed by atoms with van der Waals surface area (Å²) in [6.45, 7) is 0. The smallest absolute Gasteiger partial charge is 0.320 e. The number of hydrogen-bond acceptors (Lipinski definition) is 3. The first-order chi connectivity index (χ1) is 7.04.